The van der Waals surface area contributed by atoms with E-state index in [0.717, 1.165) is 5.56 Å². The Bertz CT molecular complexity index is 446. The maximum Gasteiger partial charge on any atom is 0.323 e. The van der Waals surface area contributed by atoms with E-state index in [-0.39, 0.29) is 5.97 Å². The van der Waals surface area contributed by atoms with Gasteiger partial charge in [0.25, 0.3) is 0 Å². The number of methoxy groups -OCH3 is 1. The zero-order valence-corrected chi connectivity index (χ0v) is 10.1. The third kappa shape index (κ3) is 2.36. The van der Waals surface area contributed by atoms with Gasteiger partial charge in [0, 0.05) is 6.54 Å². The highest BCUT2D eigenvalue weighted by Crippen LogP contribution is 2.29. The first-order valence-electron chi connectivity index (χ1n) is 5.73. The maximum absolute atomic E-state index is 11.5. The number of esters is 1. The van der Waals surface area contributed by atoms with Gasteiger partial charge >= 0.3 is 11.9 Å². The smallest absolute Gasteiger partial charge is 0.323 e. The minimum atomic E-state index is -0.897. The van der Waals surface area contributed by atoms with Crippen molar-refractivity contribution in [1.82, 2.24) is 4.90 Å². The molecule has 0 aliphatic carbocycles. The number of carboxylic acids is 1. The molecule has 0 radical (unpaired) electrons. The number of benzene rings is 1. The van der Waals surface area contributed by atoms with Crippen LogP contribution in [0.3, 0.4) is 0 Å². The molecule has 5 heteroatoms. The van der Waals surface area contributed by atoms with Crippen molar-refractivity contribution < 1.29 is 19.4 Å². The number of carboxylic acid groups (broad SMARTS) is 1. The van der Waals surface area contributed by atoms with Gasteiger partial charge in [-0.3, -0.25) is 14.5 Å². The largest absolute Gasteiger partial charge is 0.480 e. The van der Waals surface area contributed by atoms with Gasteiger partial charge in [0.05, 0.1) is 7.11 Å². The monoisotopic (exact) mass is 249 g/mol. The van der Waals surface area contributed by atoms with E-state index in [1.54, 1.807) is 4.90 Å². The van der Waals surface area contributed by atoms with Crippen LogP contribution < -0.4 is 0 Å². The topological polar surface area (TPSA) is 66.8 Å². The summed E-state index contributed by atoms with van der Waals surface area (Å²) < 4.78 is 4.68. The van der Waals surface area contributed by atoms with Crippen molar-refractivity contribution in [2.45, 2.75) is 25.0 Å². The van der Waals surface area contributed by atoms with Crippen LogP contribution in [0.15, 0.2) is 30.3 Å². The molecule has 0 saturated carbocycles. The van der Waals surface area contributed by atoms with E-state index in [2.05, 4.69) is 4.74 Å². The maximum atomic E-state index is 11.5. The number of likely N-dealkylation sites (tertiary alicyclic amines) is 1. The molecule has 18 heavy (non-hydrogen) atoms. The minimum absolute atomic E-state index is 0.314. The van der Waals surface area contributed by atoms with Crippen LogP contribution in [0.1, 0.15) is 12.0 Å². The van der Waals surface area contributed by atoms with Gasteiger partial charge in [0.15, 0.2) is 0 Å². The zero-order chi connectivity index (χ0) is 13.1. The van der Waals surface area contributed by atoms with Gasteiger partial charge in [-0.1, -0.05) is 30.3 Å². The van der Waals surface area contributed by atoms with Crippen molar-refractivity contribution in [3.05, 3.63) is 35.9 Å². The standard InChI is InChI=1S/C13H15NO4/c1-18-13(17)11-7-10(12(15)16)14(11)8-9-5-3-2-4-6-9/h2-6,10-11H,7-8H2,1H3,(H,15,16). The Hall–Kier alpha value is -1.88. The van der Waals surface area contributed by atoms with Gasteiger partial charge in [-0.25, -0.2) is 0 Å². The third-order valence-electron chi connectivity index (χ3n) is 3.21. The summed E-state index contributed by atoms with van der Waals surface area (Å²) in [6, 6.07) is 8.44. The number of hydrogen-bond acceptors (Lipinski definition) is 4. The molecule has 1 aliphatic heterocycles. The van der Waals surface area contributed by atoms with E-state index in [9.17, 15) is 9.59 Å². The fraction of sp³-hybridized carbons (Fsp3) is 0.385. The summed E-state index contributed by atoms with van der Waals surface area (Å²) in [6.45, 7) is 0.442. The summed E-state index contributed by atoms with van der Waals surface area (Å²) in [6.07, 6.45) is 0.314. The number of aliphatic carboxylic acids is 1. The van der Waals surface area contributed by atoms with E-state index < -0.39 is 18.1 Å². The Morgan fingerprint density at radius 1 is 1.33 bits per heavy atom. The lowest BCUT2D eigenvalue weighted by Gasteiger charge is -2.44. The lowest BCUT2D eigenvalue weighted by Crippen LogP contribution is -2.62. The summed E-state index contributed by atoms with van der Waals surface area (Å²) in [4.78, 5) is 24.2. The number of nitrogens with zero attached hydrogens (tertiary/aromatic N) is 1. The normalized spacial score (nSPS) is 23.2. The first-order valence-corrected chi connectivity index (χ1v) is 5.73. The van der Waals surface area contributed by atoms with Gasteiger partial charge in [0.1, 0.15) is 12.1 Å². The summed E-state index contributed by atoms with van der Waals surface area (Å²) in [5.74, 6) is -1.27. The highest BCUT2D eigenvalue weighted by molar-refractivity contribution is 5.83. The predicted octanol–water partition coefficient (Wildman–Crippen LogP) is 0.887. The summed E-state index contributed by atoms with van der Waals surface area (Å²) in [7, 11) is 1.32. The molecule has 0 bridgehead atoms. The number of ether oxygens (including phenoxy) is 1. The molecular weight excluding hydrogens is 234 g/mol. The molecule has 1 aliphatic rings. The molecule has 96 valence electrons. The van der Waals surface area contributed by atoms with Crippen LogP contribution in [0.4, 0.5) is 0 Å². The van der Waals surface area contributed by atoms with Crippen LogP contribution in [-0.4, -0.2) is 41.1 Å². The first-order chi connectivity index (χ1) is 8.63. The lowest BCUT2D eigenvalue weighted by molar-refractivity contribution is -0.166. The fourth-order valence-corrected chi connectivity index (χ4v) is 2.19. The van der Waals surface area contributed by atoms with Crippen molar-refractivity contribution in [1.29, 1.82) is 0 Å². The average molecular weight is 249 g/mol. The van der Waals surface area contributed by atoms with E-state index in [0.29, 0.717) is 13.0 Å². The Morgan fingerprint density at radius 3 is 2.56 bits per heavy atom. The molecule has 2 rings (SSSR count). The van der Waals surface area contributed by atoms with Crippen molar-refractivity contribution in [2.24, 2.45) is 0 Å². The van der Waals surface area contributed by atoms with Crippen LogP contribution in [-0.2, 0) is 20.9 Å². The number of carbonyl (C=O) groups excluding carboxylic acids is 1. The number of carbonyl (C=O) groups is 2. The molecule has 0 amide bonds. The Morgan fingerprint density at radius 2 is 2.00 bits per heavy atom. The van der Waals surface area contributed by atoms with Gasteiger partial charge in [-0.2, -0.15) is 0 Å². The molecule has 5 nitrogen and oxygen atoms in total. The summed E-state index contributed by atoms with van der Waals surface area (Å²) in [5.41, 5.74) is 0.984. The van der Waals surface area contributed by atoms with Crippen molar-refractivity contribution in [2.75, 3.05) is 7.11 Å². The van der Waals surface area contributed by atoms with E-state index in [1.807, 2.05) is 30.3 Å². The third-order valence-corrected chi connectivity index (χ3v) is 3.21. The van der Waals surface area contributed by atoms with Crippen LogP contribution in [0, 0.1) is 0 Å². The van der Waals surface area contributed by atoms with E-state index in [1.165, 1.54) is 7.11 Å². The quantitative estimate of drug-likeness (QED) is 0.803. The zero-order valence-electron chi connectivity index (χ0n) is 10.1. The lowest BCUT2D eigenvalue weighted by atomic mass is 9.92. The highest BCUT2D eigenvalue weighted by Gasteiger charge is 2.47. The molecule has 1 N–H and O–H groups in total. The number of rotatable bonds is 4. The van der Waals surface area contributed by atoms with E-state index in [4.69, 9.17) is 5.11 Å². The first kappa shape index (κ1) is 12.6. The molecule has 1 aromatic rings. The molecule has 2 unspecified atom stereocenters. The van der Waals surface area contributed by atoms with E-state index >= 15 is 0 Å². The van der Waals surface area contributed by atoms with Crippen molar-refractivity contribution in [3.8, 4) is 0 Å². The molecule has 1 heterocycles. The molecular formula is C13H15NO4. The fourth-order valence-electron chi connectivity index (χ4n) is 2.19. The van der Waals surface area contributed by atoms with Crippen molar-refractivity contribution >= 4 is 11.9 Å². The van der Waals surface area contributed by atoms with Gasteiger partial charge in [-0.05, 0) is 12.0 Å². The molecule has 0 spiro atoms. The second kappa shape index (κ2) is 5.18. The second-order valence-corrected chi connectivity index (χ2v) is 4.29. The number of hydrogen-bond donors (Lipinski definition) is 1. The molecule has 0 aromatic heterocycles. The average Bonchev–Trinajstić information content (AvgIpc) is 2.35. The van der Waals surface area contributed by atoms with Crippen LogP contribution >= 0.6 is 0 Å². The molecule has 1 fully saturated rings. The van der Waals surface area contributed by atoms with Gasteiger partial charge in [-0.15, -0.1) is 0 Å². The van der Waals surface area contributed by atoms with Crippen molar-refractivity contribution in [3.63, 3.8) is 0 Å². The van der Waals surface area contributed by atoms with Crippen LogP contribution in [0.2, 0.25) is 0 Å². The Labute approximate surface area is 105 Å². The second-order valence-electron chi connectivity index (χ2n) is 4.29. The van der Waals surface area contributed by atoms with Crippen LogP contribution in [0.25, 0.3) is 0 Å². The van der Waals surface area contributed by atoms with Gasteiger partial charge in [0.2, 0.25) is 0 Å². The van der Waals surface area contributed by atoms with Gasteiger partial charge < -0.3 is 9.84 Å². The SMILES string of the molecule is COC(=O)C1CC(C(=O)O)N1Cc1ccccc1. The molecule has 1 saturated heterocycles. The highest BCUT2D eigenvalue weighted by atomic mass is 16.5. The summed E-state index contributed by atoms with van der Waals surface area (Å²) >= 11 is 0. The molecule has 1 aromatic carbocycles. The molecule has 2 atom stereocenters. The Balaban J connectivity index is 2.10. The Kier molecular flexibility index (Phi) is 3.62. The summed E-state index contributed by atoms with van der Waals surface area (Å²) in [5, 5.41) is 9.06. The predicted molar refractivity (Wildman–Crippen MR) is 63.8 cm³/mol. The minimum Gasteiger partial charge on any atom is -0.480 e. The van der Waals surface area contributed by atoms with Crippen LogP contribution in [0.5, 0.6) is 0 Å².